The monoisotopic (exact) mass is 542 g/mol. The third kappa shape index (κ3) is 11.5. The van der Waals surface area contributed by atoms with Crippen LogP contribution in [0.15, 0.2) is 72.6 Å². The minimum absolute atomic E-state index is 0.0776. The van der Waals surface area contributed by atoms with Crippen molar-refractivity contribution in [2.75, 3.05) is 52.9 Å². The van der Waals surface area contributed by atoms with E-state index in [-0.39, 0.29) is 18.6 Å². The van der Waals surface area contributed by atoms with Gasteiger partial charge in [-0.2, -0.15) is 0 Å². The Bertz CT molecular complexity index is 1020. The van der Waals surface area contributed by atoms with Crippen molar-refractivity contribution in [2.45, 2.75) is 39.5 Å². The van der Waals surface area contributed by atoms with Crippen LogP contribution in [-0.4, -0.2) is 64.8 Å². The summed E-state index contributed by atoms with van der Waals surface area (Å²) in [6.45, 7) is 17.4. The van der Waals surface area contributed by atoms with Gasteiger partial charge in [0, 0.05) is 11.1 Å². The van der Waals surface area contributed by atoms with Crippen LogP contribution in [0.2, 0.25) is 0 Å². The summed E-state index contributed by atoms with van der Waals surface area (Å²) >= 11 is 0. The Kier molecular flexibility index (Phi) is 13.5. The van der Waals surface area contributed by atoms with E-state index in [1.807, 2.05) is 18.2 Å². The van der Waals surface area contributed by atoms with Crippen LogP contribution < -0.4 is 4.74 Å². The summed E-state index contributed by atoms with van der Waals surface area (Å²) < 4.78 is 32.4. The topological polar surface area (TPSA) is 89.5 Å². The van der Waals surface area contributed by atoms with Crippen molar-refractivity contribution in [3.05, 3.63) is 78.1 Å². The van der Waals surface area contributed by atoms with E-state index in [0.29, 0.717) is 56.7 Å². The molecule has 1 aromatic rings. The molecule has 0 amide bonds. The largest absolute Gasteiger partial charge is 0.492 e. The molecule has 39 heavy (non-hydrogen) atoms. The van der Waals surface area contributed by atoms with Crippen LogP contribution >= 0.6 is 0 Å². The van der Waals surface area contributed by atoms with Crippen LogP contribution in [0.4, 0.5) is 0 Å². The average molecular weight is 543 g/mol. The first-order chi connectivity index (χ1) is 18.6. The molecule has 1 aromatic carbocycles. The fraction of sp³-hybridized carbons (Fsp3) is 0.484. The van der Waals surface area contributed by atoms with Crippen molar-refractivity contribution in [2.24, 2.45) is 5.92 Å². The number of carbonyl (C=O) groups is 2. The highest BCUT2D eigenvalue weighted by atomic mass is 16.6. The molecule has 0 spiro atoms. The Balaban J connectivity index is 1.65. The number of esters is 2. The molecule has 1 atom stereocenters. The summed E-state index contributed by atoms with van der Waals surface area (Å²) in [5, 5.41) is 0. The van der Waals surface area contributed by atoms with Crippen molar-refractivity contribution in [1.82, 2.24) is 0 Å². The van der Waals surface area contributed by atoms with Crippen LogP contribution in [0, 0.1) is 5.92 Å². The summed E-state index contributed by atoms with van der Waals surface area (Å²) in [5.41, 5.74) is 1.89. The standard InChI is InChI=1S/C31H42O8/c1-23(2)29(32)38-21-17-34-15-19-36-27-11-7-25(8-12-27)31(5,6)26-9-13-28(14-10-26)37-20-16-35-18-22-39-30(33)24(3)4/h7-9,11-14,26H,1,3,10,15-22H2,2,4-6H3. The van der Waals surface area contributed by atoms with E-state index in [1.54, 1.807) is 13.8 Å². The summed E-state index contributed by atoms with van der Waals surface area (Å²) in [7, 11) is 0. The van der Waals surface area contributed by atoms with Crippen LogP contribution in [0.1, 0.15) is 39.7 Å². The minimum atomic E-state index is -0.412. The van der Waals surface area contributed by atoms with Crippen molar-refractivity contribution in [1.29, 1.82) is 0 Å². The SMILES string of the molecule is C=C(C)C(=O)OCCOCCOC1=CCC(C(C)(C)c2ccc(OCCOCCOC(=O)C(=C)C)cc2)C=C1. The molecule has 0 heterocycles. The van der Waals surface area contributed by atoms with E-state index in [1.165, 1.54) is 5.56 Å². The third-order valence-electron chi connectivity index (χ3n) is 6.20. The minimum Gasteiger partial charge on any atom is -0.492 e. The van der Waals surface area contributed by atoms with Gasteiger partial charge in [0.15, 0.2) is 0 Å². The first-order valence-electron chi connectivity index (χ1n) is 13.2. The zero-order chi connectivity index (χ0) is 28.7. The Morgan fingerprint density at radius 1 is 0.795 bits per heavy atom. The highest BCUT2D eigenvalue weighted by molar-refractivity contribution is 5.87. The van der Waals surface area contributed by atoms with Gasteiger partial charge in [-0.15, -0.1) is 0 Å². The third-order valence-corrected chi connectivity index (χ3v) is 6.20. The van der Waals surface area contributed by atoms with Gasteiger partial charge >= 0.3 is 11.9 Å². The Morgan fingerprint density at radius 3 is 1.79 bits per heavy atom. The van der Waals surface area contributed by atoms with Crippen LogP contribution in [-0.2, 0) is 38.7 Å². The number of hydrogen-bond donors (Lipinski definition) is 0. The smallest absolute Gasteiger partial charge is 0.333 e. The molecule has 0 aromatic heterocycles. The predicted octanol–water partition coefficient (Wildman–Crippen LogP) is 5.09. The normalized spacial score (nSPS) is 14.8. The summed E-state index contributed by atoms with van der Waals surface area (Å²) in [6.07, 6.45) is 7.19. The predicted molar refractivity (Wildman–Crippen MR) is 149 cm³/mol. The molecule has 0 radical (unpaired) electrons. The first kappa shape index (κ1) is 31.9. The Labute approximate surface area is 232 Å². The molecule has 1 aliphatic rings. The molecular weight excluding hydrogens is 500 g/mol. The van der Waals surface area contributed by atoms with Gasteiger partial charge in [-0.05, 0) is 61.4 Å². The molecule has 0 saturated carbocycles. The van der Waals surface area contributed by atoms with Gasteiger partial charge in [-0.25, -0.2) is 9.59 Å². The second-order valence-corrected chi connectivity index (χ2v) is 9.81. The van der Waals surface area contributed by atoms with Crippen LogP contribution in [0.5, 0.6) is 5.75 Å². The van der Waals surface area contributed by atoms with Crippen LogP contribution in [0.25, 0.3) is 0 Å². The zero-order valence-corrected chi connectivity index (χ0v) is 23.7. The fourth-order valence-corrected chi connectivity index (χ4v) is 3.71. The Hall–Kier alpha value is -3.36. The number of allylic oxidation sites excluding steroid dienone is 3. The van der Waals surface area contributed by atoms with E-state index >= 15 is 0 Å². The van der Waals surface area contributed by atoms with Gasteiger partial charge in [-0.3, -0.25) is 0 Å². The first-order valence-corrected chi connectivity index (χ1v) is 13.2. The van der Waals surface area contributed by atoms with Gasteiger partial charge < -0.3 is 28.4 Å². The Morgan fingerprint density at radius 2 is 1.31 bits per heavy atom. The van der Waals surface area contributed by atoms with E-state index in [2.05, 4.69) is 51.3 Å². The highest BCUT2D eigenvalue weighted by Crippen LogP contribution is 2.37. The zero-order valence-electron chi connectivity index (χ0n) is 23.7. The molecule has 214 valence electrons. The number of rotatable bonds is 18. The van der Waals surface area contributed by atoms with E-state index in [4.69, 9.17) is 28.4 Å². The number of ether oxygens (including phenoxy) is 6. The van der Waals surface area contributed by atoms with Crippen molar-refractivity contribution >= 4 is 11.9 Å². The maximum absolute atomic E-state index is 11.3. The number of benzene rings is 1. The van der Waals surface area contributed by atoms with Crippen molar-refractivity contribution in [3.63, 3.8) is 0 Å². The van der Waals surface area contributed by atoms with Gasteiger partial charge in [0.25, 0.3) is 0 Å². The molecule has 1 unspecified atom stereocenters. The summed E-state index contributed by atoms with van der Waals surface area (Å²) in [5.74, 6) is 1.11. The van der Waals surface area contributed by atoms with Crippen LogP contribution in [0.3, 0.4) is 0 Å². The molecule has 8 heteroatoms. The lowest BCUT2D eigenvalue weighted by atomic mass is 9.71. The molecule has 0 N–H and O–H groups in total. The van der Waals surface area contributed by atoms with E-state index in [0.717, 1.165) is 17.9 Å². The molecule has 0 aliphatic heterocycles. The van der Waals surface area contributed by atoms with Gasteiger partial charge in [0.05, 0.1) is 26.4 Å². The van der Waals surface area contributed by atoms with Crippen molar-refractivity contribution < 1.29 is 38.0 Å². The molecular formula is C31H42O8. The second kappa shape index (κ2) is 16.6. The van der Waals surface area contributed by atoms with Gasteiger partial charge in [-0.1, -0.05) is 45.2 Å². The fourth-order valence-electron chi connectivity index (χ4n) is 3.71. The lowest BCUT2D eigenvalue weighted by Crippen LogP contribution is -2.28. The molecule has 0 saturated heterocycles. The molecule has 0 fully saturated rings. The molecule has 2 rings (SSSR count). The number of carbonyl (C=O) groups excluding carboxylic acids is 2. The highest BCUT2D eigenvalue weighted by Gasteiger charge is 2.30. The average Bonchev–Trinajstić information content (AvgIpc) is 2.92. The maximum Gasteiger partial charge on any atom is 0.333 e. The lowest BCUT2D eigenvalue weighted by molar-refractivity contribution is -0.141. The maximum atomic E-state index is 11.3. The van der Waals surface area contributed by atoms with Crippen molar-refractivity contribution in [3.8, 4) is 5.75 Å². The van der Waals surface area contributed by atoms with Gasteiger partial charge in [0.1, 0.15) is 37.9 Å². The van der Waals surface area contributed by atoms with E-state index < -0.39 is 11.9 Å². The van der Waals surface area contributed by atoms with Gasteiger partial charge in [0.2, 0.25) is 0 Å². The molecule has 1 aliphatic carbocycles. The molecule has 8 nitrogen and oxygen atoms in total. The molecule has 0 bridgehead atoms. The summed E-state index contributed by atoms with van der Waals surface area (Å²) in [4.78, 5) is 22.6. The number of hydrogen-bond acceptors (Lipinski definition) is 8. The summed E-state index contributed by atoms with van der Waals surface area (Å²) in [6, 6.07) is 8.15. The second-order valence-electron chi connectivity index (χ2n) is 9.81. The van der Waals surface area contributed by atoms with E-state index in [9.17, 15) is 9.59 Å². The quantitative estimate of drug-likeness (QED) is 0.144. The lowest BCUT2D eigenvalue weighted by Gasteiger charge is -2.34.